The smallest absolute Gasteiger partial charge is 0.262 e. The van der Waals surface area contributed by atoms with Gasteiger partial charge in [0.25, 0.3) is 5.56 Å². The van der Waals surface area contributed by atoms with E-state index in [2.05, 4.69) is 11.1 Å². The second-order valence-electron chi connectivity index (χ2n) is 7.61. The third kappa shape index (κ3) is 3.23. The van der Waals surface area contributed by atoms with Gasteiger partial charge >= 0.3 is 0 Å². The Morgan fingerprint density at radius 2 is 1.93 bits per heavy atom. The minimum atomic E-state index is -0.0913. The maximum atomic E-state index is 13.2. The zero-order chi connectivity index (χ0) is 20.7. The summed E-state index contributed by atoms with van der Waals surface area (Å²) in [6.07, 6.45) is 2.71. The van der Waals surface area contributed by atoms with E-state index in [1.165, 1.54) is 22.5 Å². The molecule has 0 radical (unpaired) electrons. The SMILES string of the molecule is Cc1ccc(-c2csc3ncn(CCC(=O)N4CCc5ccccc54)c(=O)c23)cc1. The van der Waals surface area contributed by atoms with Gasteiger partial charge in [-0.1, -0.05) is 48.0 Å². The molecule has 0 fully saturated rings. The molecule has 0 aliphatic carbocycles. The van der Waals surface area contributed by atoms with Crippen molar-refractivity contribution in [2.24, 2.45) is 0 Å². The average molecular weight is 416 g/mol. The van der Waals surface area contributed by atoms with Gasteiger partial charge in [-0.2, -0.15) is 0 Å². The van der Waals surface area contributed by atoms with Crippen LogP contribution >= 0.6 is 11.3 Å². The summed E-state index contributed by atoms with van der Waals surface area (Å²) in [6.45, 7) is 3.06. The number of aryl methyl sites for hydroxylation is 2. The van der Waals surface area contributed by atoms with E-state index in [4.69, 9.17) is 0 Å². The first-order valence-electron chi connectivity index (χ1n) is 10.0. The minimum Gasteiger partial charge on any atom is -0.312 e. The number of hydrogen-bond donors (Lipinski definition) is 0. The summed E-state index contributed by atoms with van der Waals surface area (Å²) < 4.78 is 1.56. The maximum absolute atomic E-state index is 13.2. The molecule has 0 bridgehead atoms. The third-order valence-electron chi connectivity index (χ3n) is 5.68. The molecule has 30 heavy (non-hydrogen) atoms. The Kier molecular flexibility index (Phi) is 4.71. The standard InChI is InChI=1S/C24H21N3O2S/c1-16-6-8-17(9-7-16)19-14-30-23-22(19)24(29)26(15-25-23)12-11-21(28)27-13-10-18-4-2-3-5-20(18)27/h2-9,14-15H,10-13H2,1H3. The normalized spacial score (nSPS) is 13.0. The molecule has 0 atom stereocenters. The van der Waals surface area contributed by atoms with Crippen molar-refractivity contribution in [1.29, 1.82) is 0 Å². The van der Waals surface area contributed by atoms with Crippen LogP contribution in [0.15, 0.2) is 65.0 Å². The number of amides is 1. The fraction of sp³-hybridized carbons (Fsp3) is 0.208. The molecular formula is C24H21N3O2S. The van der Waals surface area contributed by atoms with Gasteiger partial charge in [-0.15, -0.1) is 11.3 Å². The van der Waals surface area contributed by atoms with Gasteiger partial charge < -0.3 is 4.90 Å². The lowest BCUT2D eigenvalue weighted by atomic mass is 10.1. The van der Waals surface area contributed by atoms with Crippen molar-refractivity contribution in [3.05, 3.63) is 81.7 Å². The van der Waals surface area contributed by atoms with Crippen molar-refractivity contribution in [3.8, 4) is 11.1 Å². The van der Waals surface area contributed by atoms with Crippen LogP contribution in [-0.2, 0) is 17.8 Å². The second kappa shape index (κ2) is 7.54. The molecule has 1 amide bonds. The summed E-state index contributed by atoms with van der Waals surface area (Å²) in [7, 11) is 0. The van der Waals surface area contributed by atoms with Gasteiger partial charge in [0, 0.05) is 36.1 Å². The van der Waals surface area contributed by atoms with Gasteiger partial charge in [0.15, 0.2) is 0 Å². The number of carbonyl (C=O) groups is 1. The Labute approximate surface area is 178 Å². The van der Waals surface area contributed by atoms with Crippen LogP contribution in [0.4, 0.5) is 5.69 Å². The predicted molar refractivity (Wildman–Crippen MR) is 121 cm³/mol. The molecule has 0 spiro atoms. The summed E-state index contributed by atoms with van der Waals surface area (Å²) in [5, 5.41) is 2.62. The van der Waals surface area contributed by atoms with E-state index < -0.39 is 0 Å². The molecule has 2 aromatic carbocycles. The summed E-state index contributed by atoms with van der Waals surface area (Å²) in [5.41, 5.74) is 5.19. The van der Waals surface area contributed by atoms with Crippen molar-refractivity contribution in [3.63, 3.8) is 0 Å². The monoisotopic (exact) mass is 415 g/mol. The predicted octanol–water partition coefficient (Wildman–Crippen LogP) is 4.41. The minimum absolute atomic E-state index is 0.0380. The first-order valence-corrected chi connectivity index (χ1v) is 10.9. The lowest BCUT2D eigenvalue weighted by Crippen LogP contribution is -2.31. The van der Waals surface area contributed by atoms with Crippen LogP contribution in [0, 0.1) is 6.92 Å². The van der Waals surface area contributed by atoms with Crippen LogP contribution in [-0.4, -0.2) is 22.0 Å². The number of fused-ring (bicyclic) bond motifs is 2. The first-order chi connectivity index (χ1) is 14.6. The van der Waals surface area contributed by atoms with Crippen molar-refractivity contribution in [2.45, 2.75) is 26.3 Å². The number of hydrogen-bond acceptors (Lipinski definition) is 4. The van der Waals surface area contributed by atoms with Crippen LogP contribution in [0.1, 0.15) is 17.5 Å². The fourth-order valence-corrected chi connectivity index (χ4v) is 4.93. The van der Waals surface area contributed by atoms with E-state index in [0.717, 1.165) is 28.1 Å². The number of aromatic nitrogens is 2. The number of thiophene rings is 1. The number of para-hydroxylation sites is 1. The Bertz CT molecular complexity index is 1300. The van der Waals surface area contributed by atoms with Crippen LogP contribution in [0.25, 0.3) is 21.3 Å². The average Bonchev–Trinajstić information content (AvgIpc) is 3.38. The number of rotatable bonds is 4. The van der Waals surface area contributed by atoms with Gasteiger partial charge in [0.1, 0.15) is 4.83 Å². The van der Waals surface area contributed by atoms with Crippen molar-refractivity contribution >= 4 is 33.1 Å². The quantitative estimate of drug-likeness (QED) is 0.496. The lowest BCUT2D eigenvalue weighted by molar-refractivity contribution is -0.118. The van der Waals surface area contributed by atoms with Crippen LogP contribution in [0.5, 0.6) is 0 Å². The molecular weight excluding hydrogens is 394 g/mol. The molecule has 0 saturated heterocycles. The molecule has 1 aliphatic rings. The van der Waals surface area contributed by atoms with Crippen molar-refractivity contribution in [1.82, 2.24) is 9.55 Å². The van der Waals surface area contributed by atoms with Gasteiger partial charge in [-0.3, -0.25) is 14.2 Å². The highest BCUT2D eigenvalue weighted by atomic mass is 32.1. The Hall–Kier alpha value is -3.25. The molecule has 0 saturated carbocycles. The van der Waals surface area contributed by atoms with E-state index in [9.17, 15) is 9.59 Å². The zero-order valence-corrected chi connectivity index (χ0v) is 17.5. The van der Waals surface area contributed by atoms with Crippen molar-refractivity contribution in [2.75, 3.05) is 11.4 Å². The number of anilines is 1. The summed E-state index contributed by atoms with van der Waals surface area (Å²) in [5.74, 6) is 0.0380. The van der Waals surface area contributed by atoms with Gasteiger partial charge in [-0.25, -0.2) is 4.98 Å². The molecule has 5 rings (SSSR count). The highest BCUT2D eigenvalue weighted by molar-refractivity contribution is 7.17. The number of nitrogens with zero attached hydrogens (tertiary/aromatic N) is 3. The molecule has 0 N–H and O–H groups in total. The van der Waals surface area contributed by atoms with Gasteiger partial charge in [0.2, 0.25) is 5.91 Å². The number of benzene rings is 2. The molecule has 4 aromatic rings. The van der Waals surface area contributed by atoms with E-state index in [1.54, 1.807) is 10.9 Å². The summed E-state index contributed by atoms with van der Waals surface area (Å²) in [6, 6.07) is 16.1. The van der Waals surface area contributed by atoms with Gasteiger partial charge in [-0.05, 0) is 30.5 Å². The van der Waals surface area contributed by atoms with Crippen LogP contribution in [0.2, 0.25) is 0 Å². The molecule has 0 unspecified atom stereocenters. The fourth-order valence-electron chi connectivity index (χ4n) is 4.02. The van der Waals surface area contributed by atoms with E-state index in [-0.39, 0.29) is 17.9 Å². The van der Waals surface area contributed by atoms with E-state index >= 15 is 0 Å². The molecule has 3 heterocycles. The van der Waals surface area contributed by atoms with E-state index in [0.29, 0.717) is 18.5 Å². The zero-order valence-electron chi connectivity index (χ0n) is 16.7. The molecule has 5 nitrogen and oxygen atoms in total. The first kappa shape index (κ1) is 18.8. The van der Waals surface area contributed by atoms with Crippen LogP contribution in [0.3, 0.4) is 0 Å². The Balaban J connectivity index is 1.41. The molecule has 1 aliphatic heterocycles. The second-order valence-corrected chi connectivity index (χ2v) is 8.47. The highest BCUT2D eigenvalue weighted by Gasteiger charge is 2.24. The Morgan fingerprint density at radius 3 is 2.77 bits per heavy atom. The topological polar surface area (TPSA) is 55.2 Å². The van der Waals surface area contributed by atoms with Gasteiger partial charge in [0.05, 0.1) is 11.7 Å². The third-order valence-corrected chi connectivity index (χ3v) is 6.56. The molecule has 6 heteroatoms. The summed E-state index contributed by atoms with van der Waals surface area (Å²) >= 11 is 1.47. The molecule has 150 valence electrons. The summed E-state index contributed by atoms with van der Waals surface area (Å²) in [4.78, 5) is 33.0. The molecule has 2 aromatic heterocycles. The lowest BCUT2D eigenvalue weighted by Gasteiger charge is -2.17. The number of carbonyl (C=O) groups excluding carboxylic acids is 1. The Morgan fingerprint density at radius 1 is 1.13 bits per heavy atom. The van der Waals surface area contributed by atoms with Crippen LogP contribution < -0.4 is 10.5 Å². The van der Waals surface area contributed by atoms with Crippen molar-refractivity contribution < 1.29 is 4.79 Å². The highest BCUT2D eigenvalue weighted by Crippen LogP contribution is 2.31. The maximum Gasteiger partial charge on any atom is 0.262 e. The van der Waals surface area contributed by atoms with E-state index in [1.807, 2.05) is 59.7 Å². The largest absolute Gasteiger partial charge is 0.312 e.